The second-order valence-corrected chi connectivity index (χ2v) is 5.77. The lowest BCUT2D eigenvalue weighted by molar-refractivity contribution is 0.204. The van der Waals surface area contributed by atoms with E-state index >= 15 is 0 Å². The lowest BCUT2D eigenvalue weighted by Crippen LogP contribution is -2.14. The molecular weight excluding hydrogens is 254 g/mol. The maximum Gasteiger partial charge on any atom is 0.125 e. The van der Waals surface area contributed by atoms with Gasteiger partial charge >= 0.3 is 0 Å². The zero-order valence-corrected chi connectivity index (χ0v) is 13.3. The van der Waals surface area contributed by atoms with Crippen molar-refractivity contribution in [3.63, 3.8) is 0 Å². The molecule has 0 aromatic heterocycles. The van der Waals surface area contributed by atoms with E-state index in [1.807, 2.05) is 12.1 Å². The molecule has 0 spiro atoms. The summed E-state index contributed by atoms with van der Waals surface area (Å²) in [6.07, 6.45) is 8.61. The molecule has 0 saturated heterocycles. The molecule has 0 saturated carbocycles. The van der Waals surface area contributed by atoms with E-state index in [4.69, 9.17) is 10.5 Å². The van der Waals surface area contributed by atoms with Gasteiger partial charge in [-0.1, -0.05) is 32.3 Å². The van der Waals surface area contributed by atoms with Gasteiger partial charge in [-0.25, -0.2) is 0 Å². The van der Waals surface area contributed by atoms with Crippen LogP contribution in [0.4, 0.5) is 0 Å². The van der Waals surface area contributed by atoms with Crippen molar-refractivity contribution >= 4 is 11.8 Å². The quantitative estimate of drug-likeness (QED) is 0.530. The highest BCUT2D eigenvalue weighted by Crippen LogP contribution is 2.29. The topological polar surface area (TPSA) is 35.2 Å². The molecule has 1 atom stereocenters. The number of benzene rings is 1. The zero-order valence-electron chi connectivity index (χ0n) is 12.4. The molecule has 1 aromatic rings. The third kappa shape index (κ3) is 5.45. The van der Waals surface area contributed by atoms with Crippen LogP contribution in [0.5, 0.6) is 5.75 Å². The van der Waals surface area contributed by atoms with Crippen molar-refractivity contribution in [2.24, 2.45) is 5.73 Å². The normalized spacial score (nSPS) is 12.4. The first-order valence-corrected chi connectivity index (χ1v) is 8.48. The van der Waals surface area contributed by atoms with Crippen LogP contribution in [0.1, 0.15) is 51.5 Å². The van der Waals surface area contributed by atoms with Crippen molar-refractivity contribution in [2.75, 3.05) is 6.26 Å². The van der Waals surface area contributed by atoms with E-state index in [9.17, 15) is 0 Å². The summed E-state index contributed by atoms with van der Waals surface area (Å²) >= 11 is 1.73. The van der Waals surface area contributed by atoms with Crippen LogP contribution in [0.3, 0.4) is 0 Å². The third-order valence-corrected chi connectivity index (χ3v) is 4.13. The summed E-state index contributed by atoms with van der Waals surface area (Å²) in [7, 11) is 0. The second-order valence-electron chi connectivity index (χ2n) is 4.92. The maximum atomic E-state index is 6.07. The minimum absolute atomic E-state index is 0.263. The van der Waals surface area contributed by atoms with E-state index in [-0.39, 0.29) is 6.10 Å². The minimum atomic E-state index is 0.263. The first-order chi connectivity index (χ1) is 9.22. The van der Waals surface area contributed by atoms with Crippen LogP contribution in [-0.4, -0.2) is 12.4 Å². The first kappa shape index (κ1) is 16.4. The SMILES string of the molecule is CCCCCCC(C)Oc1cccc(SC)c1CN. The van der Waals surface area contributed by atoms with Crippen LogP contribution in [0.25, 0.3) is 0 Å². The fourth-order valence-corrected chi connectivity index (χ4v) is 2.83. The Labute approximate surface area is 122 Å². The van der Waals surface area contributed by atoms with Gasteiger partial charge in [-0.2, -0.15) is 0 Å². The zero-order chi connectivity index (χ0) is 14.1. The molecule has 2 nitrogen and oxygen atoms in total. The van der Waals surface area contributed by atoms with E-state index in [0.29, 0.717) is 6.54 Å². The van der Waals surface area contributed by atoms with Crippen LogP contribution in [-0.2, 0) is 6.54 Å². The standard InChI is InChI=1S/C16H27NOS/c1-4-5-6-7-9-13(2)18-15-10-8-11-16(19-3)14(15)12-17/h8,10-11,13H,4-7,9,12,17H2,1-3H3. The smallest absolute Gasteiger partial charge is 0.125 e. The number of nitrogens with two attached hydrogens (primary N) is 1. The third-order valence-electron chi connectivity index (χ3n) is 3.31. The molecule has 1 rings (SSSR count). The van der Waals surface area contributed by atoms with Gasteiger partial charge < -0.3 is 10.5 Å². The monoisotopic (exact) mass is 281 g/mol. The van der Waals surface area contributed by atoms with Gasteiger partial charge in [0.05, 0.1) is 6.10 Å². The Kier molecular flexibility index (Phi) is 7.99. The average Bonchev–Trinajstić information content (AvgIpc) is 2.43. The highest BCUT2D eigenvalue weighted by atomic mass is 32.2. The number of ether oxygens (including phenoxy) is 1. The number of thioether (sulfide) groups is 1. The molecule has 108 valence electrons. The van der Waals surface area contributed by atoms with E-state index in [0.717, 1.165) is 17.7 Å². The van der Waals surface area contributed by atoms with E-state index in [1.165, 1.54) is 30.6 Å². The molecule has 3 heteroatoms. The highest BCUT2D eigenvalue weighted by Gasteiger charge is 2.10. The summed E-state index contributed by atoms with van der Waals surface area (Å²) < 4.78 is 6.07. The van der Waals surface area contributed by atoms with Crippen molar-refractivity contribution in [3.05, 3.63) is 23.8 Å². The molecule has 0 bridgehead atoms. The number of rotatable bonds is 9. The summed E-state index contributed by atoms with van der Waals surface area (Å²) in [6.45, 7) is 4.92. The highest BCUT2D eigenvalue weighted by molar-refractivity contribution is 7.98. The van der Waals surface area contributed by atoms with Gasteiger partial charge in [-0.15, -0.1) is 11.8 Å². The summed E-state index contributed by atoms with van der Waals surface area (Å²) in [5.74, 6) is 0.956. The fourth-order valence-electron chi connectivity index (χ4n) is 2.18. The fraction of sp³-hybridized carbons (Fsp3) is 0.625. The summed E-state index contributed by atoms with van der Waals surface area (Å²) in [5.41, 5.74) is 6.98. The van der Waals surface area contributed by atoms with Crippen molar-refractivity contribution in [1.29, 1.82) is 0 Å². The first-order valence-electron chi connectivity index (χ1n) is 7.25. The van der Waals surface area contributed by atoms with Crippen molar-refractivity contribution < 1.29 is 4.74 Å². The summed E-state index contributed by atoms with van der Waals surface area (Å²) in [4.78, 5) is 1.22. The Bertz CT molecular complexity index is 368. The van der Waals surface area contributed by atoms with Crippen molar-refractivity contribution in [2.45, 2.75) is 63.5 Å². The minimum Gasteiger partial charge on any atom is -0.490 e. The summed E-state index contributed by atoms with van der Waals surface area (Å²) in [5, 5.41) is 0. The lowest BCUT2D eigenvalue weighted by atomic mass is 10.1. The average molecular weight is 281 g/mol. The van der Waals surface area contributed by atoms with Crippen LogP contribution >= 0.6 is 11.8 Å². The van der Waals surface area contributed by atoms with Gasteiger partial charge in [0.2, 0.25) is 0 Å². The van der Waals surface area contributed by atoms with Gasteiger partial charge in [0.15, 0.2) is 0 Å². The van der Waals surface area contributed by atoms with E-state index in [1.54, 1.807) is 11.8 Å². The summed E-state index contributed by atoms with van der Waals surface area (Å²) in [6, 6.07) is 6.18. The predicted molar refractivity (Wildman–Crippen MR) is 85.0 cm³/mol. The molecule has 0 fully saturated rings. The molecule has 2 N–H and O–H groups in total. The van der Waals surface area contributed by atoms with Crippen molar-refractivity contribution in [1.82, 2.24) is 0 Å². The Hall–Kier alpha value is -0.670. The Morgan fingerprint density at radius 2 is 2.05 bits per heavy atom. The predicted octanol–water partition coefficient (Wildman–Crippen LogP) is 4.60. The van der Waals surface area contributed by atoms with Crippen LogP contribution in [0, 0.1) is 0 Å². The molecule has 0 aliphatic rings. The molecule has 0 amide bonds. The van der Waals surface area contributed by atoms with Gasteiger partial charge in [0.25, 0.3) is 0 Å². The molecule has 0 radical (unpaired) electrons. The second kappa shape index (κ2) is 9.27. The van der Waals surface area contributed by atoms with Gasteiger partial charge in [-0.3, -0.25) is 0 Å². The Balaban J connectivity index is 2.56. The lowest BCUT2D eigenvalue weighted by Gasteiger charge is -2.18. The van der Waals surface area contributed by atoms with Crippen LogP contribution in [0.15, 0.2) is 23.1 Å². The number of hydrogen-bond donors (Lipinski definition) is 1. The van der Waals surface area contributed by atoms with E-state index in [2.05, 4.69) is 26.2 Å². The Morgan fingerprint density at radius 3 is 2.68 bits per heavy atom. The molecule has 0 heterocycles. The van der Waals surface area contributed by atoms with Crippen molar-refractivity contribution in [3.8, 4) is 5.75 Å². The van der Waals surface area contributed by atoms with E-state index < -0.39 is 0 Å². The Morgan fingerprint density at radius 1 is 1.26 bits per heavy atom. The van der Waals surface area contributed by atoms with Gasteiger partial charge in [-0.05, 0) is 38.2 Å². The molecular formula is C16H27NOS. The number of hydrogen-bond acceptors (Lipinski definition) is 3. The molecule has 19 heavy (non-hydrogen) atoms. The number of unbranched alkanes of at least 4 members (excludes halogenated alkanes) is 3. The molecule has 1 aromatic carbocycles. The maximum absolute atomic E-state index is 6.07. The molecule has 1 unspecified atom stereocenters. The van der Waals surface area contributed by atoms with Gasteiger partial charge in [0.1, 0.15) is 5.75 Å². The van der Waals surface area contributed by atoms with Gasteiger partial charge in [0, 0.05) is 17.0 Å². The molecule has 0 aliphatic carbocycles. The van der Waals surface area contributed by atoms with Crippen LogP contribution < -0.4 is 10.5 Å². The van der Waals surface area contributed by atoms with Crippen LogP contribution in [0.2, 0.25) is 0 Å². The molecule has 0 aliphatic heterocycles. The largest absolute Gasteiger partial charge is 0.490 e.